The van der Waals surface area contributed by atoms with Crippen LogP contribution >= 0.6 is 0 Å². The highest BCUT2D eigenvalue weighted by Crippen LogP contribution is 2.22. The van der Waals surface area contributed by atoms with Gasteiger partial charge in [-0.1, -0.05) is 6.08 Å². The molecule has 1 unspecified atom stereocenters. The first-order valence-corrected chi connectivity index (χ1v) is 9.64. The normalized spacial score (nSPS) is 16.7. The average Bonchev–Trinajstić information content (AvgIpc) is 2.55. The van der Waals surface area contributed by atoms with E-state index in [4.69, 9.17) is 0 Å². The zero-order valence-electron chi connectivity index (χ0n) is 13.5. The standard InChI is InChI=1S/C17H24N2O3S/c1-3-13-23(21,22)14(2)17(20)18-15-7-9-16(10-8-15)19-11-5-4-6-12-19/h3,7-10,14H,1,4-6,11-13H2,2H3,(H,18,20). The molecule has 1 heterocycles. The molecule has 23 heavy (non-hydrogen) atoms. The third-order valence-corrected chi connectivity index (χ3v) is 6.11. The van der Waals surface area contributed by atoms with Gasteiger partial charge in [-0.05, 0) is 50.5 Å². The molecule has 1 aliphatic rings. The minimum Gasteiger partial charge on any atom is -0.372 e. The van der Waals surface area contributed by atoms with Gasteiger partial charge in [-0.3, -0.25) is 4.79 Å². The second-order valence-corrected chi connectivity index (χ2v) is 8.21. The molecule has 0 radical (unpaired) electrons. The third-order valence-electron chi connectivity index (χ3n) is 4.11. The molecule has 0 aromatic heterocycles. The summed E-state index contributed by atoms with van der Waals surface area (Å²) in [5.41, 5.74) is 1.74. The van der Waals surface area contributed by atoms with Crippen molar-refractivity contribution in [1.29, 1.82) is 0 Å². The summed E-state index contributed by atoms with van der Waals surface area (Å²) >= 11 is 0. The monoisotopic (exact) mass is 336 g/mol. The summed E-state index contributed by atoms with van der Waals surface area (Å²) in [4.78, 5) is 14.4. The van der Waals surface area contributed by atoms with Crippen molar-refractivity contribution >= 4 is 27.1 Å². The van der Waals surface area contributed by atoms with E-state index < -0.39 is 21.0 Å². The van der Waals surface area contributed by atoms with Crippen molar-refractivity contribution in [2.75, 3.05) is 29.1 Å². The summed E-state index contributed by atoms with van der Waals surface area (Å²) in [7, 11) is -3.49. The summed E-state index contributed by atoms with van der Waals surface area (Å²) in [6.07, 6.45) is 4.99. The van der Waals surface area contributed by atoms with Crippen LogP contribution in [0.5, 0.6) is 0 Å². The molecule has 1 atom stereocenters. The van der Waals surface area contributed by atoms with Gasteiger partial charge < -0.3 is 10.2 Å². The minimum atomic E-state index is -3.49. The van der Waals surface area contributed by atoms with Crippen LogP contribution in [-0.4, -0.2) is 38.4 Å². The molecular weight excluding hydrogens is 312 g/mol. The van der Waals surface area contributed by atoms with Gasteiger partial charge in [-0.25, -0.2) is 8.42 Å². The van der Waals surface area contributed by atoms with Gasteiger partial charge in [0, 0.05) is 24.5 Å². The maximum absolute atomic E-state index is 12.1. The Morgan fingerprint density at radius 2 is 1.87 bits per heavy atom. The van der Waals surface area contributed by atoms with Gasteiger partial charge in [-0.15, -0.1) is 6.58 Å². The average molecular weight is 336 g/mol. The lowest BCUT2D eigenvalue weighted by Crippen LogP contribution is -2.33. The van der Waals surface area contributed by atoms with Gasteiger partial charge in [0.15, 0.2) is 9.84 Å². The first-order chi connectivity index (χ1) is 10.9. The van der Waals surface area contributed by atoms with Gasteiger partial charge >= 0.3 is 0 Å². The van der Waals surface area contributed by atoms with Gasteiger partial charge in [0.25, 0.3) is 0 Å². The molecule has 1 saturated heterocycles. The smallest absolute Gasteiger partial charge is 0.242 e. The zero-order valence-corrected chi connectivity index (χ0v) is 14.3. The topological polar surface area (TPSA) is 66.5 Å². The van der Waals surface area contributed by atoms with Crippen LogP contribution in [0, 0.1) is 0 Å². The molecule has 0 aliphatic carbocycles. The third kappa shape index (κ3) is 4.58. The van der Waals surface area contributed by atoms with E-state index in [2.05, 4.69) is 16.8 Å². The molecule has 1 N–H and O–H groups in total. The lowest BCUT2D eigenvalue weighted by Gasteiger charge is -2.28. The number of nitrogens with zero attached hydrogens (tertiary/aromatic N) is 1. The number of amides is 1. The van der Waals surface area contributed by atoms with E-state index in [9.17, 15) is 13.2 Å². The molecule has 1 amide bonds. The van der Waals surface area contributed by atoms with Crippen molar-refractivity contribution in [1.82, 2.24) is 0 Å². The Balaban J connectivity index is 2.00. The Morgan fingerprint density at radius 1 is 1.26 bits per heavy atom. The predicted octanol–water partition coefficient (Wildman–Crippen LogP) is 2.60. The molecular formula is C17H24N2O3S. The van der Waals surface area contributed by atoms with E-state index in [0.29, 0.717) is 5.69 Å². The van der Waals surface area contributed by atoms with Crippen LogP contribution in [0.25, 0.3) is 0 Å². The summed E-state index contributed by atoms with van der Waals surface area (Å²) in [5, 5.41) is 1.57. The van der Waals surface area contributed by atoms with Crippen LogP contribution in [0.1, 0.15) is 26.2 Å². The second-order valence-electron chi connectivity index (χ2n) is 5.84. The molecule has 1 fully saturated rings. The fraction of sp³-hybridized carbons (Fsp3) is 0.471. The Morgan fingerprint density at radius 3 is 2.43 bits per heavy atom. The Hall–Kier alpha value is -1.82. The molecule has 1 aromatic carbocycles. The van der Waals surface area contributed by atoms with Gasteiger partial charge in [0.05, 0.1) is 5.75 Å². The SMILES string of the molecule is C=CCS(=O)(=O)C(C)C(=O)Nc1ccc(N2CCCCC2)cc1. The van der Waals surface area contributed by atoms with Crippen LogP contribution in [-0.2, 0) is 14.6 Å². The molecule has 1 aliphatic heterocycles. The number of carbonyl (C=O) groups excluding carboxylic acids is 1. The number of piperidine rings is 1. The number of hydrogen-bond acceptors (Lipinski definition) is 4. The van der Waals surface area contributed by atoms with Crippen LogP contribution in [0.15, 0.2) is 36.9 Å². The lowest BCUT2D eigenvalue weighted by molar-refractivity contribution is -0.115. The van der Waals surface area contributed by atoms with Crippen molar-refractivity contribution in [2.24, 2.45) is 0 Å². The zero-order chi connectivity index (χ0) is 16.9. The number of hydrogen-bond donors (Lipinski definition) is 1. The number of anilines is 2. The maximum atomic E-state index is 12.1. The number of carbonyl (C=O) groups is 1. The highest BCUT2D eigenvalue weighted by molar-refractivity contribution is 7.92. The molecule has 6 heteroatoms. The van der Waals surface area contributed by atoms with Gasteiger partial charge in [-0.2, -0.15) is 0 Å². The first-order valence-electron chi connectivity index (χ1n) is 7.92. The summed E-state index contributed by atoms with van der Waals surface area (Å²) in [6, 6.07) is 7.55. The van der Waals surface area contributed by atoms with Crippen LogP contribution < -0.4 is 10.2 Å². The fourth-order valence-corrected chi connectivity index (χ4v) is 3.63. The second kappa shape index (κ2) is 7.64. The minimum absolute atomic E-state index is 0.199. The van der Waals surface area contributed by atoms with Crippen molar-refractivity contribution < 1.29 is 13.2 Å². The molecule has 0 bridgehead atoms. The summed E-state index contributed by atoms with van der Waals surface area (Å²) in [6.45, 7) is 6.93. The fourth-order valence-electron chi connectivity index (χ4n) is 2.62. The Labute approximate surface area is 138 Å². The number of nitrogens with one attached hydrogen (secondary N) is 1. The van der Waals surface area contributed by atoms with Crippen molar-refractivity contribution in [3.8, 4) is 0 Å². The summed E-state index contributed by atoms with van der Waals surface area (Å²) in [5.74, 6) is -0.715. The van der Waals surface area contributed by atoms with Crippen LogP contribution in [0.2, 0.25) is 0 Å². The van der Waals surface area contributed by atoms with Crippen molar-refractivity contribution in [3.05, 3.63) is 36.9 Å². The van der Waals surface area contributed by atoms with E-state index >= 15 is 0 Å². The van der Waals surface area contributed by atoms with Gasteiger partial charge in [0.1, 0.15) is 5.25 Å². The lowest BCUT2D eigenvalue weighted by atomic mass is 10.1. The van der Waals surface area contributed by atoms with E-state index in [1.54, 1.807) is 0 Å². The highest BCUT2D eigenvalue weighted by atomic mass is 32.2. The Kier molecular flexibility index (Phi) is 5.82. The molecule has 0 saturated carbocycles. The largest absolute Gasteiger partial charge is 0.372 e. The van der Waals surface area contributed by atoms with Gasteiger partial charge in [0.2, 0.25) is 5.91 Å². The van der Waals surface area contributed by atoms with E-state index in [-0.39, 0.29) is 5.75 Å². The number of rotatable bonds is 6. The van der Waals surface area contributed by atoms with E-state index in [0.717, 1.165) is 18.8 Å². The molecule has 0 spiro atoms. The predicted molar refractivity (Wildman–Crippen MR) is 94.6 cm³/mol. The summed E-state index contributed by atoms with van der Waals surface area (Å²) < 4.78 is 23.8. The molecule has 1 aromatic rings. The highest BCUT2D eigenvalue weighted by Gasteiger charge is 2.26. The Bertz CT molecular complexity index is 647. The van der Waals surface area contributed by atoms with E-state index in [1.165, 1.54) is 32.3 Å². The molecule has 2 rings (SSSR count). The molecule has 126 valence electrons. The number of benzene rings is 1. The van der Waals surface area contributed by atoms with Crippen LogP contribution in [0.3, 0.4) is 0 Å². The first kappa shape index (κ1) is 17.5. The van der Waals surface area contributed by atoms with E-state index in [1.807, 2.05) is 24.3 Å². The quantitative estimate of drug-likeness (QED) is 0.811. The number of sulfone groups is 1. The van der Waals surface area contributed by atoms with Crippen molar-refractivity contribution in [2.45, 2.75) is 31.4 Å². The van der Waals surface area contributed by atoms with Crippen LogP contribution in [0.4, 0.5) is 11.4 Å². The molecule has 5 nitrogen and oxygen atoms in total. The van der Waals surface area contributed by atoms with Crippen molar-refractivity contribution in [3.63, 3.8) is 0 Å². The maximum Gasteiger partial charge on any atom is 0.242 e.